The van der Waals surface area contributed by atoms with Gasteiger partial charge in [0.05, 0.1) is 6.10 Å². The molecule has 0 aromatic heterocycles. The third kappa shape index (κ3) is 6.16. The molecule has 1 N–H and O–H groups in total. The fourth-order valence-corrected chi connectivity index (χ4v) is 2.19. The molecule has 1 heterocycles. The fraction of sp³-hybridized carbons (Fsp3) is 1.00. The van der Waals surface area contributed by atoms with Crippen LogP contribution in [0, 0.1) is 0 Å². The van der Waals surface area contributed by atoms with E-state index < -0.39 is 0 Å². The number of hydrogen-bond donors (Lipinski definition) is 1. The van der Waals surface area contributed by atoms with Crippen molar-refractivity contribution in [1.82, 2.24) is 5.32 Å². The molecule has 0 aromatic rings. The largest absolute Gasteiger partial charge is 0.378 e. The number of ether oxygens (including phenoxy) is 1. The van der Waals surface area contributed by atoms with Gasteiger partial charge in [-0.15, -0.1) is 0 Å². The van der Waals surface area contributed by atoms with Crippen molar-refractivity contribution in [3.63, 3.8) is 0 Å². The minimum atomic E-state index is 0.521. The third-order valence-corrected chi connectivity index (χ3v) is 3.18. The van der Waals surface area contributed by atoms with Crippen molar-refractivity contribution < 1.29 is 4.74 Å². The molecule has 1 aliphatic rings. The lowest BCUT2D eigenvalue weighted by Gasteiger charge is -2.28. The molecule has 1 aliphatic heterocycles. The van der Waals surface area contributed by atoms with Crippen LogP contribution in [0.2, 0.25) is 0 Å². The Hall–Kier alpha value is -0.0800. The van der Waals surface area contributed by atoms with Gasteiger partial charge in [0.1, 0.15) is 0 Å². The van der Waals surface area contributed by atoms with E-state index in [9.17, 15) is 0 Å². The molecule has 15 heavy (non-hydrogen) atoms. The standard InChI is InChI=1S/C13H27NO/c1-3-4-5-6-7-10-15-13-8-9-14-12(2)11-13/h12-14H,3-11H2,1-2H3. The van der Waals surface area contributed by atoms with Crippen molar-refractivity contribution in [1.29, 1.82) is 0 Å². The molecule has 0 aromatic carbocycles. The Balaban J connectivity index is 1.90. The monoisotopic (exact) mass is 213 g/mol. The molecule has 90 valence electrons. The van der Waals surface area contributed by atoms with Crippen LogP contribution in [0.3, 0.4) is 0 Å². The Kier molecular flexibility index (Phi) is 7.03. The summed E-state index contributed by atoms with van der Waals surface area (Å²) < 4.78 is 5.89. The molecule has 0 saturated carbocycles. The SMILES string of the molecule is CCCCCCCOC1CCNC(C)C1. The zero-order valence-corrected chi connectivity index (χ0v) is 10.4. The molecule has 2 heteroatoms. The van der Waals surface area contributed by atoms with Gasteiger partial charge in [-0.1, -0.05) is 32.6 Å². The molecule has 0 radical (unpaired) electrons. The normalized spacial score (nSPS) is 26.8. The van der Waals surface area contributed by atoms with Crippen molar-refractivity contribution in [3.05, 3.63) is 0 Å². The quantitative estimate of drug-likeness (QED) is 0.656. The highest BCUT2D eigenvalue weighted by Gasteiger charge is 2.17. The van der Waals surface area contributed by atoms with Crippen LogP contribution in [0.25, 0.3) is 0 Å². The first-order valence-corrected chi connectivity index (χ1v) is 6.68. The lowest BCUT2D eigenvalue weighted by molar-refractivity contribution is 0.0219. The zero-order chi connectivity index (χ0) is 10.9. The predicted molar refractivity (Wildman–Crippen MR) is 65.2 cm³/mol. The van der Waals surface area contributed by atoms with Crippen LogP contribution in [0.1, 0.15) is 58.8 Å². The van der Waals surface area contributed by atoms with E-state index in [-0.39, 0.29) is 0 Å². The fourth-order valence-electron chi connectivity index (χ4n) is 2.19. The predicted octanol–water partition coefficient (Wildman–Crippen LogP) is 3.11. The zero-order valence-electron chi connectivity index (χ0n) is 10.4. The maximum Gasteiger partial charge on any atom is 0.0602 e. The first-order chi connectivity index (χ1) is 7.33. The van der Waals surface area contributed by atoms with Crippen LogP contribution < -0.4 is 5.32 Å². The summed E-state index contributed by atoms with van der Waals surface area (Å²) in [5.74, 6) is 0. The van der Waals surface area contributed by atoms with Gasteiger partial charge in [0.15, 0.2) is 0 Å². The summed E-state index contributed by atoms with van der Waals surface area (Å²) in [4.78, 5) is 0. The number of piperidine rings is 1. The van der Waals surface area contributed by atoms with Gasteiger partial charge in [-0.05, 0) is 32.7 Å². The van der Waals surface area contributed by atoms with Crippen LogP contribution in [-0.4, -0.2) is 25.3 Å². The minimum absolute atomic E-state index is 0.521. The molecule has 1 saturated heterocycles. The van der Waals surface area contributed by atoms with E-state index in [1.807, 2.05) is 0 Å². The van der Waals surface area contributed by atoms with Gasteiger partial charge in [0.25, 0.3) is 0 Å². The Morgan fingerprint density at radius 3 is 2.73 bits per heavy atom. The Morgan fingerprint density at radius 2 is 2.00 bits per heavy atom. The van der Waals surface area contributed by atoms with Crippen LogP contribution in [0.4, 0.5) is 0 Å². The second-order valence-corrected chi connectivity index (χ2v) is 4.79. The summed E-state index contributed by atoms with van der Waals surface area (Å²) in [6, 6.07) is 0.642. The van der Waals surface area contributed by atoms with Crippen LogP contribution in [0.5, 0.6) is 0 Å². The van der Waals surface area contributed by atoms with Crippen molar-refractivity contribution >= 4 is 0 Å². The minimum Gasteiger partial charge on any atom is -0.378 e. The highest BCUT2D eigenvalue weighted by Crippen LogP contribution is 2.13. The number of nitrogens with one attached hydrogen (secondary N) is 1. The number of rotatable bonds is 7. The summed E-state index contributed by atoms with van der Waals surface area (Å²) in [5.41, 5.74) is 0. The van der Waals surface area contributed by atoms with Gasteiger partial charge in [0, 0.05) is 12.6 Å². The molecular formula is C13H27NO. The maximum absolute atomic E-state index is 5.89. The average molecular weight is 213 g/mol. The highest BCUT2D eigenvalue weighted by atomic mass is 16.5. The van der Waals surface area contributed by atoms with E-state index in [0.717, 1.165) is 13.2 Å². The van der Waals surface area contributed by atoms with E-state index in [2.05, 4.69) is 19.2 Å². The van der Waals surface area contributed by atoms with Crippen LogP contribution in [0.15, 0.2) is 0 Å². The van der Waals surface area contributed by atoms with Crippen molar-refractivity contribution in [2.24, 2.45) is 0 Å². The second kappa shape index (κ2) is 8.12. The molecule has 2 unspecified atom stereocenters. The van der Waals surface area contributed by atoms with Gasteiger partial charge in [-0.2, -0.15) is 0 Å². The summed E-state index contributed by atoms with van der Waals surface area (Å²) in [6.07, 6.45) is 9.58. The van der Waals surface area contributed by atoms with E-state index in [0.29, 0.717) is 12.1 Å². The number of hydrogen-bond acceptors (Lipinski definition) is 2. The molecule has 1 rings (SSSR count). The molecule has 0 amide bonds. The first kappa shape index (κ1) is 13.0. The van der Waals surface area contributed by atoms with Gasteiger partial charge in [-0.3, -0.25) is 0 Å². The van der Waals surface area contributed by atoms with Gasteiger partial charge in [0.2, 0.25) is 0 Å². The lowest BCUT2D eigenvalue weighted by Crippen LogP contribution is -2.39. The highest BCUT2D eigenvalue weighted by molar-refractivity contribution is 4.75. The molecule has 2 atom stereocenters. The second-order valence-electron chi connectivity index (χ2n) is 4.79. The van der Waals surface area contributed by atoms with Crippen molar-refractivity contribution in [2.75, 3.05) is 13.2 Å². The van der Waals surface area contributed by atoms with Crippen LogP contribution >= 0.6 is 0 Å². The third-order valence-electron chi connectivity index (χ3n) is 3.18. The number of unbranched alkanes of at least 4 members (excludes halogenated alkanes) is 4. The van der Waals surface area contributed by atoms with Crippen molar-refractivity contribution in [3.8, 4) is 0 Å². The smallest absolute Gasteiger partial charge is 0.0602 e. The maximum atomic E-state index is 5.89. The molecular weight excluding hydrogens is 186 g/mol. The van der Waals surface area contributed by atoms with E-state index in [1.165, 1.54) is 44.9 Å². The Morgan fingerprint density at radius 1 is 1.20 bits per heavy atom. The van der Waals surface area contributed by atoms with Crippen molar-refractivity contribution in [2.45, 2.75) is 70.9 Å². The van der Waals surface area contributed by atoms with Gasteiger partial charge >= 0.3 is 0 Å². The summed E-state index contributed by atoms with van der Waals surface area (Å²) >= 11 is 0. The summed E-state index contributed by atoms with van der Waals surface area (Å²) in [6.45, 7) is 6.60. The van der Waals surface area contributed by atoms with Gasteiger partial charge in [-0.25, -0.2) is 0 Å². The van der Waals surface area contributed by atoms with Gasteiger partial charge < -0.3 is 10.1 Å². The van der Waals surface area contributed by atoms with E-state index in [4.69, 9.17) is 4.74 Å². The van der Waals surface area contributed by atoms with E-state index >= 15 is 0 Å². The Labute approximate surface area is 94.8 Å². The lowest BCUT2D eigenvalue weighted by atomic mass is 10.0. The average Bonchev–Trinajstić information content (AvgIpc) is 2.23. The first-order valence-electron chi connectivity index (χ1n) is 6.68. The van der Waals surface area contributed by atoms with Crippen LogP contribution in [-0.2, 0) is 4.74 Å². The van der Waals surface area contributed by atoms with E-state index in [1.54, 1.807) is 0 Å². The summed E-state index contributed by atoms with van der Waals surface area (Å²) in [5, 5.41) is 3.45. The topological polar surface area (TPSA) is 21.3 Å². The molecule has 0 aliphatic carbocycles. The Bertz CT molecular complexity index is 149. The summed E-state index contributed by atoms with van der Waals surface area (Å²) in [7, 11) is 0. The molecule has 1 fully saturated rings. The molecule has 0 bridgehead atoms. The molecule has 2 nitrogen and oxygen atoms in total. The molecule has 0 spiro atoms.